The summed E-state index contributed by atoms with van der Waals surface area (Å²) < 4.78 is 20.3. The first kappa shape index (κ1) is 25.4. The van der Waals surface area contributed by atoms with Crippen molar-refractivity contribution in [1.29, 1.82) is 0 Å². The number of ether oxygens (including phenoxy) is 1. The maximum atomic E-state index is 14.9. The summed E-state index contributed by atoms with van der Waals surface area (Å²) in [6.45, 7) is 7.00. The van der Waals surface area contributed by atoms with Gasteiger partial charge in [-0.25, -0.2) is 9.18 Å². The Morgan fingerprint density at radius 3 is 2.64 bits per heavy atom. The molecular weight excluding hydrogens is 425 g/mol. The number of benzene rings is 1. The molecule has 1 heterocycles. The van der Waals surface area contributed by atoms with Crippen molar-refractivity contribution in [3.8, 4) is 5.75 Å². The van der Waals surface area contributed by atoms with E-state index in [4.69, 9.17) is 10.5 Å². The molecule has 4 N–H and O–H groups in total. The highest BCUT2D eigenvalue weighted by Crippen LogP contribution is 2.53. The molecule has 1 saturated carbocycles. The minimum atomic E-state index is -1.33. The summed E-state index contributed by atoms with van der Waals surface area (Å²) in [7, 11) is 1.53. The SMILES string of the molecule is CCCC1(O)C(C)N(CC2CC2)CCC1(CC(=O)NC(N)=O)c1cc(OC)ccc1C(C)F. The van der Waals surface area contributed by atoms with Crippen LogP contribution in [0.25, 0.3) is 0 Å². The van der Waals surface area contributed by atoms with Gasteiger partial charge in [-0.2, -0.15) is 0 Å². The minimum Gasteiger partial charge on any atom is -0.497 e. The molecule has 1 saturated heterocycles. The first-order valence-electron chi connectivity index (χ1n) is 12.0. The van der Waals surface area contributed by atoms with Crippen molar-refractivity contribution in [2.45, 2.75) is 82.5 Å². The highest BCUT2D eigenvalue weighted by molar-refractivity contribution is 5.94. The third kappa shape index (κ3) is 5.01. The standard InChI is InChI=1S/C25H38FN3O4/c1-5-10-25(32)17(3)29(15-18-6-7-18)12-11-24(25,14-22(30)28-23(27)31)21-13-19(33-4)8-9-20(21)16(2)26/h8-9,13,16-18,32H,5-7,10-12,14-15H2,1-4H3,(H3,27,28,30,31). The largest absolute Gasteiger partial charge is 0.497 e. The first-order chi connectivity index (χ1) is 15.6. The van der Waals surface area contributed by atoms with E-state index < -0.39 is 29.1 Å². The number of hydrogen-bond donors (Lipinski definition) is 3. The van der Waals surface area contributed by atoms with Crippen LogP contribution in [0.1, 0.15) is 76.6 Å². The molecule has 7 nitrogen and oxygen atoms in total. The molecule has 4 atom stereocenters. The minimum absolute atomic E-state index is 0.180. The van der Waals surface area contributed by atoms with Crippen molar-refractivity contribution < 1.29 is 23.8 Å². The van der Waals surface area contributed by atoms with Crippen molar-refractivity contribution >= 4 is 11.9 Å². The van der Waals surface area contributed by atoms with Gasteiger partial charge in [-0.3, -0.25) is 15.0 Å². The maximum Gasteiger partial charge on any atom is 0.318 e. The number of likely N-dealkylation sites (tertiary alicyclic amines) is 1. The highest BCUT2D eigenvalue weighted by Gasteiger charge is 2.59. The third-order valence-electron chi connectivity index (χ3n) is 7.64. The monoisotopic (exact) mass is 463 g/mol. The fourth-order valence-corrected chi connectivity index (χ4v) is 5.74. The molecule has 1 aliphatic carbocycles. The number of halogens is 1. The van der Waals surface area contributed by atoms with Crippen molar-refractivity contribution in [3.05, 3.63) is 29.3 Å². The van der Waals surface area contributed by atoms with Crippen LogP contribution in [-0.4, -0.2) is 53.8 Å². The van der Waals surface area contributed by atoms with Gasteiger partial charge in [-0.15, -0.1) is 0 Å². The fraction of sp³-hybridized carbons (Fsp3) is 0.680. The van der Waals surface area contributed by atoms with E-state index in [1.807, 2.05) is 13.8 Å². The normalized spacial score (nSPS) is 28.8. The topological polar surface area (TPSA) is 105 Å². The summed E-state index contributed by atoms with van der Waals surface area (Å²) in [6, 6.07) is 3.89. The summed E-state index contributed by atoms with van der Waals surface area (Å²) in [5, 5.41) is 14.6. The fourth-order valence-electron chi connectivity index (χ4n) is 5.74. The molecule has 1 aromatic rings. The molecule has 184 valence electrons. The summed E-state index contributed by atoms with van der Waals surface area (Å²) in [5.74, 6) is 0.582. The summed E-state index contributed by atoms with van der Waals surface area (Å²) in [6.07, 6.45) is 2.45. The highest BCUT2D eigenvalue weighted by atomic mass is 19.1. The van der Waals surface area contributed by atoms with Gasteiger partial charge in [0.25, 0.3) is 0 Å². The Bertz CT molecular complexity index is 875. The summed E-state index contributed by atoms with van der Waals surface area (Å²) in [4.78, 5) is 26.7. The van der Waals surface area contributed by atoms with E-state index in [9.17, 15) is 19.1 Å². The van der Waals surface area contributed by atoms with Crippen molar-refractivity contribution in [2.24, 2.45) is 11.7 Å². The number of carbonyl (C=O) groups excluding carboxylic acids is 2. The summed E-state index contributed by atoms with van der Waals surface area (Å²) in [5.41, 5.74) is 3.74. The number of urea groups is 1. The number of hydrogen-bond acceptors (Lipinski definition) is 5. The number of piperidine rings is 1. The van der Waals surface area contributed by atoms with E-state index in [1.165, 1.54) is 26.9 Å². The molecule has 0 aromatic heterocycles. The van der Waals surface area contributed by atoms with Crippen LogP contribution in [0.4, 0.5) is 9.18 Å². The van der Waals surface area contributed by atoms with Crippen molar-refractivity contribution in [3.63, 3.8) is 0 Å². The molecule has 3 rings (SSSR count). The lowest BCUT2D eigenvalue weighted by Gasteiger charge is -2.58. The van der Waals surface area contributed by atoms with E-state index >= 15 is 0 Å². The molecule has 8 heteroatoms. The number of amides is 3. The zero-order chi connectivity index (χ0) is 24.4. The number of aliphatic hydroxyl groups is 1. The predicted molar refractivity (Wildman–Crippen MR) is 125 cm³/mol. The van der Waals surface area contributed by atoms with E-state index in [-0.39, 0.29) is 12.5 Å². The molecule has 1 aromatic carbocycles. The number of primary amides is 1. The number of rotatable bonds is 9. The number of nitrogens with two attached hydrogens (primary N) is 1. The third-order valence-corrected chi connectivity index (χ3v) is 7.64. The summed E-state index contributed by atoms with van der Waals surface area (Å²) >= 11 is 0. The average molecular weight is 464 g/mol. The van der Waals surface area contributed by atoms with Crippen LogP contribution in [0, 0.1) is 5.92 Å². The number of alkyl halides is 1. The smallest absolute Gasteiger partial charge is 0.318 e. The van der Waals surface area contributed by atoms with E-state index in [2.05, 4.69) is 10.2 Å². The number of nitrogens with zero attached hydrogens (tertiary/aromatic N) is 1. The van der Waals surface area contributed by atoms with E-state index in [0.717, 1.165) is 6.54 Å². The lowest BCUT2D eigenvalue weighted by Crippen LogP contribution is -2.69. The number of carbonyl (C=O) groups is 2. The van der Waals surface area contributed by atoms with Gasteiger partial charge in [0.2, 0.25) is 5.91 Å². The quantitative estimate of drug-likeness (QED) is 0.519. The van der Waals surface area contributed by atoms with Crippen molar-refractivity contribution in [1.82, 2.24) is 10.2 Å². The van der Waals surface area contributed by atoms with Gasteiger partial charge >= 0.3 is 6.03 Å². The predicted octanol–water partition coefficient (Wildman–Crippen LogP) is 3.58. The second kappa shape index (κ2) is 9.97. The van der Waals surface area contributed by atoms with Gasteiger partial charge in [0.1, 0.15) is 11.9 Å². The molecule has 2 fully saturated rings. The number of imide groups is 1. The lowest BCUT2D eigenvalue weighted by atomic mass is 9.56. The average Bonchev–Trinajstić information content (AvgIpc) is 3.57. The van der Waals surface area contributed by atoms with Gasteiger partial charge in [0.15, 0.2) is 0 Å². The molecule has 33 heavy (non-hydrogen) atoms. The van der Waals surface area contributed by atoms with Crippen LogP contribution >= 0.6 is 0 Å². The molecule has 0 bridgehead atoms. The number of methoxy groups -OCH3 is 1. The zero-order valence-corrected chi connectivity index (χ0v) is 20.2. The van der Waals surface area contributed by atoms with Crippen LogP contribution in [0.2, 0.25) is 0 Å². The van der Waals surface area contributed by atoms with Crippen LogP contribution in [0.3, 0.4) is 0 Å². The van der Waals surface area contributed by atoms with E-state index in [0.29, 0.717) is 48.6 Å². The van der Waals surface area contributed by atoms with E-state index in [1.54, 1.807) is 18.2 Å². The molecule has 0 radical (unpaired) electrons. The Kier molecular flexibility index (Phi) is 7.69. The number of nitrogens with one attached hydrogen (secondary N) is 1. The molecule has 2 aliphatic rings. The van der Waals surface area contributed by atoms with Crippen LogP contribution < -0.4 is 15.8 Å². The zero-order valence-electron chi connectivity index (χ0n) is 20.2. The van der Waals surface area contributed by atoms with Crippen LogP contribution in [0.5, 0.6) is 5.75 Å². The molecular formula is C25H38FN3O4. The van der Waals surface area contributed by atoms with Crippen LogP contribution in [0.15, 0.2) is 18.2 Å². The Hall–Kier alpha value is -2.19. The molecule has 4 unspecified atom stereocenters. The lowest BCUT2D eigenvalue weighted by molar-refractivity contribution is -0.151. The van der Waals surface area contributed by atoms with Gasteiger partial charge in [-0.1, -0.05) is 19.4 Å². The second-order valence-electron chi connectivity index (χ2n) is 9.78. The molecule has 3 amide bonds. The second-order valence-corrected chi connectivity index (χ2v) is 9.78. The van der Waals surface area contributed by atoms with Crippen LogP contribution in [-0.2, 0) is 10.2 Å². The Morgan fingerprint density at radius 2 is 2.09 bits per heavy atom. The van der Waals surface area contributed by atoms with Gasteiger partial charge in [-0.05, 0) is 75.3 Å². The Morgan fingerprint density at radius 1 is 1.39 bits per heavy atom. The van der Waals surface area contributed by atoms with Gasteiger partial charge in [0.05, 0.1) is 12.7 Å². The maximum absolute atomic E-state index is 14.9. The molecule has 1 aliphatic heterocycles. The molecule has 0 spiro atoms. The van der Waals surface area contributed by atoms with Gasteiger partial charge in [0, 0.05) is 24.4 Å². The first-order valence-corrected chi connectivity index (χ1v) is 12.0. The Balaban J connectivity index is 2.19. The van der Waals surface area contributed by atoms with Crippen molar-refractivity contribution in [2.75, 3.05) is 20.2 Å². The Labute approximate surface area is 195 Å². The van der Waals surface area contributed by atoms with Gasteiger partial charge < -0.3 is 15.6 Å².